The van der Waals surface area contributed by atoms with Gasteiger partial charge < -0.3 is 9.84 Å². The summed E-state index contributed by atoms with van der Waals surface area (Å²) in [6.07, 6.45) is 9.88. The highest BCUT2D eigenvalue weighted by Gasteiger charge is 2.12. The number of aliphatic hydroxyl groups excluding tert-OH is 1. The van der Waals surface area contributed by atoms with Gasteiger partial charge in [-0.1, -0.05) is 18.9 Å². The topological polar surface area (TPSA) is 42.4 Å². The van der Waals surface area contributed by atoms with E-state index < -0.39 is 6.10 Å². The molecule has 94 valence electrons. The minimum atomic E-state index is -0.461. The smallest absolute Gasteiger partial charge is 0.142 e. The summed E-state index contributed by atoms with van der Waals surface area (Å²) in [5, 5.41) is 10.1. The Morgan fingerprint density at radius 1 is 1.47 bits per heavy atom. The number of hydrogen-bond acceptors (Lipinski definition) is 3. The highest BCUT2D eigenvalue weighted by atomic mass is 16.5. The minimum absolute atomic E-state index is 0.461. The summed E-state index contributed by atoms with van der Waals surface area (Å²) < 4.78 is 5.18. The Kier molecular flexibility index (Phi) is 6.33. The molecule has 1 N–H and O–H groups in total. The molecule has 0 bridgehead atoms. The van der Waals surface area contributed by atoms with Gasteiger partial charge in [-0.05, 0) is 25.3 Å². The third-order valence-electron chi connectivity index (χ3n) is 2.78. The number of ether oxygens (including phenoxy) is 1. The number of aliphatic hydroxyl groups is 1. The molecule has 1 rings (SSSR count). The maximum Gasteiger partial charge on any atom is 0.142 e. The molecule has 1 unspecified atom stereocenters. The monoisotopic (exact) mass is 235 g/mol. The van der Waals surface area contributed by atoms with Gasteiger partial charge in [-0.25, -0.2) is 0 Å². The van der Waals surface area contributed by atoms with E-state index in [2.05, 4.69) is 11.6 Å². The number of aromatic nitrogens is 1. The van der Waals surface area contributed by atoms with Crippen LogP contribution in [-0.2, 0) is 0 Å². The predicted octanol–water partition coefficient (Wildman–Crippen LogP) is 3.26. The normalized spacial score (nSPS) is 12.1. The molecule has 0 radical (unpaired) electrons. The van der Waals surface area contributed by atoms with Crippen molar-refractivity contribution in [3.8, 4) is 5.75 Å². The SMILES string of the molecule is C=CCCCCCC(O)c1ccncc1OC. The summed E-state index contributed by atoms with van der Waals surface area (Å²) >= 11 is 0. The first-order valence-electron chi connectivity index (χ1n) is 6.06. The van der Waals surface area contributed by atoms with Crippen LogP contribution in [0.1, 0.15) is 43.8 Å². The second kappa shape index (κ2) is 7.85. The first-order valence-corrected chi connectivity index (χ1v) is 6.06. The second-order valence-corrected chi connectivity index (χ2v) is 4.06. The molecule has 0 aliphatic carbocycles. The van der Waals surface area contributed by atoms with Gasteiger partial charge >= 0.3 is 0 Å². The lowest BCUT2D eigenvalue weighted by atomic mass is 10.0. The van der Waals surface area contributed by atoms with E-state index in [1.807, 2.05) is 12.1 Å². The zero-order chi connectivity index (χ0) is 12.5. The number of rotatable bonds is 8. The summed E-state index contributed by atoms with van der Waals surface area (Å²) in [7, 11) is 1.59. The third kappa shape index (κ3) is 4.57. The van der Waals surface area contributed by atoms with E-state index in [9.17, 15) is 5.11 Å². The van der Waals surface area contributed by atoms with Gasteiger partial charge in [-0.3, -0.25) is 4.98 Å². The van der Waals surface area contributed by atoms with Crippen molar-refractivity contribution in [1.82, 2.24) is 4.98 Å². The number of pyridine rings is 1. The van der Waals surface area contributed by atoms with Gasteiger partial charge in [0.2, 0.25) is 0 Å². The Labute approximate surface area is 103 Å². The molecule has 0 saturated carbocycles. The molecule has 1 aromatic heterocycles. The van der Waals surface area contributed by atoms with Crippen LogP contribution in [0.15, 0.2) is 31.1 Å². The molecule has 3 heteroatoms. The zero-order valence-corrected chi connectivity index (χ0v) is 10.4. The van der Waals surface area contributed by atoms with Crippen molar-refractivity contribution in [3.63, 3.8) is 0 Å². The lowest BCUT2D eigenvalue weighted by Gasteiger charge is -2.13. The van der Waals surface area contributed by atoms with Crippen molar-refractivity contribution >= 4 is 0 Å². The lowest BCUT2D eigenvalue weighted by Crippen LogP contribution is -2.01. The molecule has 0 amide bonds. The fourth-order valence-corrected chi connectivity index (χ4v) is 1.80. The van der Waals surface area contributed by atoms with Gasteiger partial charge in [-0.2, -0.15) is 0 Å². The highest BCUT2D eigenvalue weighted by Crippen LogP contribution is 2.27. The van der Waals surface area contributed by atoms with Crippen LogP contribution in [0, 0.1) is 0 Å². The first kappa shape index (κ1) is 13.7. The van der Waals surface area contributed by atoms with Crippen LogP contribution in [-0.4, -0.2) is 17.2 Å². The van der Waals surface area contributed by atoms with Gasteiger partial charge in [0.05, 0.1) is 19.4 Å². The molecule has 1 atom stereocenters. The molecular formula is C14H21NO2. The van der Waals surface area contributed by atoms with Gasteiger partial charge in [0.1, 0.15) is 5.75 Å². The molecule has 0 spiro atoms. The fraction of sp³-hybridized carbons (Fsp3) is 0.500. The van der Waals surface area contributed by atoms with E-state index >= 15 is 0 Å². The van der Waals surface area contributed by atoms with E-state index in [4.69, 9.17) is 4.74 Å². The van der Waals surface area contributed by atoms with Crippen molar-refractivity contribution in [1.29, 1.82) is 0 Å². The molecule has 1 aromatic rings. The predicted molar refractivity (Wildman–Crippen MR) is 69.0 cm³/mol. The van der Waals surface area contributed by atoms with Gasteiger partial charge in [-0.15, -0.1) is 6.58 Å². The zero-order valence-electron chi connectivity index (χ0n) is 10.4. The minimum Gasteiger partial charge on any atom is -0.495 e. The Bertz CT molecular complexity index is 339. The average Bonchev–Trinajstić information content (AvgIpc) is 2.38. The fourth-order valence-electron chi connectivity index (χ4n) is 1.80. The van der Waals surface area contributed by atoms with E-state index in [-0.39, 0.29) is 0 Å². The number of hydrogen-bond donors (Lipinski definition) is 1. The molecule has 0 aliphatic rings. The van der Waals surface area contributed by atoms with E-state index in [0.29, 0.717) is 5.75 Å². The molecule has 1 heterocycles. The summed E-state index contributed by atoms with van der Waals surface area (Å²) in [6, 6.07) is 1.81. The second-order valence-electron chi connectivity index (χ2n) is 4.06. The maximum atomic E-state index is 10.1. The molecule has 17 heavy (non-hydrogen) atoms. The molecule has 0 fully saturated rings. The Balaban J connectivity index is 2.40. The third-order valence-corrected chi connectivity index (χ3v) is 2.78. The van der Waals surface area contributed by atoms with E-state index in [0.717, 1.165) is 37.7 Å². The summed E-state index contributed by atoms with van der Waals surface area (Å²) in [5.74, 6) is 0.658. The molecule has 0 aliphatic heterocycles. The van der Waals surface area contributed by atoms with E-state index in [1.54, 1.807) is 19.5 Å². The summed E-state index contributed by atoms with van der Waals surface area (Å²) in [4.78, 5) is 3.97. The Morgan fingerprint density at radius 2 is 2.29 bits per heavy atom. The van der Waals surface area contributed by atoms with Crippen molar-refractivity contribution in [2.75, 3.05) is 7.11 Å². The van der Waals surface area contributed by atoms with Crippen LogP contribution in [0.4, 0.5) is 0 Å². The number of unbranched alkanes of at least 4 members (excludes halogenated alkanes) is 3. The number of nitrogens with zero attached hydrogens (tertiary/aromatic N) is 1. The largest absolute Gasteiger partial charge is 0.495 e. The van der Waals surface area contributed by atoms with Gasteiger partial charge in [0.25, 0.3) is 0 Å². The van der Waals surface area contributed by atoms with Crippen LogP contribution < -0.4 is 4.74 Å². The molecular weight excluding hydrogens is 214 g/mol. The summed E-state index contributed by atoms with van der Waals surface area (Å²) in [6.45, 7) is 3.69. The van der Waals surface area contributed by atoms with Crippen LogP contribution in [0.3, 0.4) is 0 Å². The van der Waals surface area contributed by atoms with Crippen LogP contribution in [0.2, 0.25) is 0 Å². The number of methoxy groups -OCH3 is 1. The molecule has 0 aromatic carbocycles. The lowest BCUT2D eigenvalue weighted by molar-refractivity contribution is 0.159. The van der Waals surface area contributed by atoms with Gasteiger partial charge in [0, 0.05) is 11.8 Å². The Morgan fingerprint density at radius 3 is 3.00 bits per heavy atom. The Hall–Kier alpha value is -1.35. The van der Waals surface area contributed by atoms with Crippen LogP contribution >= 0.6 is 0 Å². The van der Waals surface area contributed by atoms with Gasteiger partial charge in [0.15, 0.2) is 0 Å². The summed E-state index contributed by atoms with van der Waals surface area (Å²) in [5.41, 5.74) is 0.825. The quantitative estimate of drug-likeness (QED) is 0.555. The van der Waals surface area contributed by atoms with Crippen LogP contribution in [0.25, 0.3) is 0 Å². The highest BCUT2D eigenvalue weighted by molar-refractivity contribution is 5.31. The first-order chi connectivity index (χ1) is 8.29. The van der Waals surface area contributed by atoms with Crippen molar-refractivity contribution in [2.45, 2.75) is 38.2 Å². The van der Waals surface area contributed by atoms with Crippen LogP contribution in [0.5, 0.6) is 5.75 Å². The van der Waals surface area contributed by atoms with Crippen molar-refractivity contribution in [2.24, 2.45) is 0 Å². The standard InChI is InChI=1S/C14H21NO2/c1-3-4-5-6-7-8-13(16)12-9-10-15-11-14(12)17-2/h3,9-11,13,16H,1,4-8H2,2H3. The number of allylic oxidation sites excluding steroid dienone is 1. The molecule has 3 nitrogen and oxygen atoms in total. The average molecular weight is 235 g/mol. The van der Waals surface area contributed by atoms with E-state index in [1.165, 1.54) is 0 Å². The molecule has 0 saturated heterocycles. The van der Waals surface area contributed by atoms with Crippen molar-refractivity contribution < 1.29 is 9.84 Å². The maximum absolute atomic E-state index is 10.1. The van der Waals surface area contributed by atoms with Crippen molar-refractivity contribution in [3.05, 3.63) is 36.7 Å².